The van der Waals surface area contributed by atoms with Gasteiger partial charge < -0.3 is 10.0 Å². The van der Waals surface area contributed by atoms with Crippen LogP contribution in [0.3, 0.4) is 0 Å². The summed E-state index contributed by atoms with van der Waals surface area (Å²) >= 11 is 0. The van der Waals surface area contributed by atoms with Crippen LogP contribution in [0.25, 0.3) is 0 Å². The molecule has 14 heavy (non-hydrogen) atoms. The van der Waals surface area contributed by atoms with Crippen molar-refractivity contribution in [3.05, 3.63) is 18.1 Å². The third-order valence-electron chi connectivity index (χ3n) is 2.12. The standard InChI is InChI=1S/C10H17N3O/c1-3-13(7-4-8-14)10-9(2)11-5-6-12-10/h5-6,14H,3-4,7-8H2,1-2H3. The van der Waals surface area contributed by atoms with Gasteiger partial charge in [-0.25, -0.2) is 4.98 Å². The molecule has 0 fully saturated rings. The molecule has 4 nitrogen and oxygen atoms in total. The Bertz CT molecular complexity index is 278. The largest absolute Gasteiger partial charge is 0.396 e. The summed E-state index contributed by atoms with van der Waals surface area (Å²) < 4.78 is 0. The second kappa shape index (κ2) is 5.54. The van der Waals surface area contributed by atoms with Gasteiger partial charge in [-0.05, 0) is 20.3 Å². The number of aromatic nitrogens is 2. The van der Waals surface area contributed by atoms with Gasteiger partial charge in [-0.2, -0.15) is 0 Å². The number of anilines is 1. The normalized spacial score (nSPS) is 10.2. The molecule has 1 rings (SSSR count). The van der Waals surface area contributed by atoms with E-state index < -0.39 is 0 Å². The Kier molecular flexibility index (Phi) is 4.32. The van der Waals surface area contributed by atoms with Gasteiger partial charge in [-0.15, -0.1) is 0 Å². The van der Waals surface area contributed by atoms with Crippen LogP contribution in [0.4, 0.5) is 5.82 Å². The van der Waals surface area contributed by atoms with Gasteiger partial charge in [0.2, 0.25) is 0 Å². The topological polar surface area (TPSA) is 49.2 Å². The molecule has 0 unspecified atom stereocenters. The van der Waals surface area contributed by atoms with Crippen molar-refractivity contribution >= 4 is 5.82 Å². The minimum Gasteiger partial charge on any atom is -0.396 e. The second-order valence-corrected chi connectivity index (χ2v) is 3.12. The zero-order valence-electron chi connectivity index (χ0n) is 8.77. The smallest absolute Gasteiger partial charge is 0.150 e. The molecule has 0 saturated carbocycles. The average molecular weight is 195 g/mol. The highest BCUT2D eigenvalue weighted by Gasteiger charge is 2.07. The molecule has 0 aromatic carbocycles. The summed E-state index contributed by atoms with van der Waals surface area (Å²) in [6.45, 7) is 5.96. The zero-order chi connectivity index (χ0) is 10.4. The lowest BCUT2D eigenvalue weighted by Gasteiger charge is -2.22. The molecular formula is C10H17N3O. The maximum Gasteiger partial charge on any atom is 0.150 e. The molecule has 0 aliphatic rings. The first-order valence-corrected chi connectivity index (χ1v) is 4.93. The van der Waals surface area contributed by atoms with Crippen molar-refractivity contribution in [3.8, 4) is 0 Å². The van der Waals surface area contributed by atoms with Gasteiger partial charge in [0.1, 0.15) is 5.82 Å². The van der Waals surface area contributed by atoms with E-state index in [1.807, 2.05) is 6.92 Å². The molecule has 0 spiro atoms. The summed E-state index contributed by atoms with van der Waals surface area (Å²) in [7, 11) is 0. The highest BCUT2D eigenvalue weighted by atomic mass is 16.3. The van der Waals surface area contributed by atoms with Gasteiger partial charge in [0.15, 0.2) is 0 Å². The first-order chi connectivity index (χ1) is 6.79. The molecule has 0 aliphatic heterocycles. The predicted octanol–water partition coefficient (Wildman–Crippen LogP) is 0.994. The van der Waals surface area contributed by atoms with E-state index in [0.717, 1.165) is 31.0 Å². The number of hydrogen-bond donors (Lipinski definition) is 1. The molecule has 0 aliphatic carbocycles. The fraction of sp³-hybridized carbons (Fsp3) is 0.600. The van der Waals surface area contributed by atoms with Crippen molar-refractivity contribution in [2.24, 2.45) is 0 Å². The summed E-state index contributed by atoms with van der Waals surface area (Å²) in [6.07, 6.45) is 4.16. The highest BCUT2D eigenvalue weighted by molar-refractivity contribution is 5.41. The van der Waals surface area contributed by atoms with Crippen LogP contribution in [0.2, 0.25) is 0 Å². The first kappa shape index (κ1) is 10.9. The molecule has 1 aromatic rings. The molecule has 1 N–H and O–H groups in total. The van der Waals surface area contributed by atoms with Gasteiger partial charge in [0, 0.05) is 32.1 Å². The molecular weight excluding hydrogens is 178 g/mol. The zero-order valence-corrected chi connectivity index (χ0v) is 8.77. The maximum atomic E-state index is 8.76. The lowest BCUT2D eigenvalue weighted by atomic mass is 10.3. The fourth-order valence-corrected chi connectivity index (χ4v) is 1.39. The number of aliphatic hydroxyl groups is 1. The van der Waals surface area contributed by atoms with E-state index >= 15 is 0 Å². The molecule has 0 amide bonds. The number of hydrogen-bond acceptors (Lipinski definition) is 4. The SMILES string of the molecule is CCN(CCCO)c1nccnc1C. The summed E-state index contributed by atoms with van der Waals surface area (Å²) in [5.74, 6) is 0.920. The first-order valence-electron chi connectivity index (χ1n) is 4.93. The molecule has 0 saturated heterocycles. The Morgan fingerprint density at radius 2 is 2.07 bits per heavy atom. The molecule has 78 valence electrons. The van der Waals surface area contributed by atoms with Gasteiger partial charge in [-0.3, -0.25) is 4.98 Å². The van der Waals surface area contributed by atoms with Crippen LogP contribution in [0.1, 0.15) is 19.0 Å². The lowest BCUT2D eigenvalue weighted by molar-refractivity contribution is 0.289. The third kappa shape index (κ3) is 2.67. The van der Waals surface area contributed by atoms with E-state index in [0.29, 0.717) is 0 Å². The summed E-state index contributed by atoms with van der Waals surface area (Å²) in [5, 5.41) is 8.76. The molecule has 4 heteroatoms. The fourth-order valence-electron chi connectivity index (χ4n) is 1.39. The van der Waals surface area contributed by atoms with E-state index in [1.54, 1.807) is 12.4 Å². The molecule has 0 bridgehead atoms. The molecule has 0 radical (unpaired) electrons. The Morgan fingerprint density at radius 1 is 1.36 bits per heavy atom. The number of aliphatic hydroxyl groups excluding tert-OH is 1. The molecule has 1 aromatic heterocycles. The van der Waals surface area contributed by atoms with Crippen LogP contribution in [0.5, 0.6) is 0 Å². The second-order valence-electron chi connectivity index (χ2n) is 3.12. The monoisotopic (exact) mass is 195 g/mol. The maximum absolute atomic E-state index is 8.76. The van der Waals surface area contributed by atoms with Gasteiger partial charge in [-0.1, -0.05) is 0 Å². The van der Waals surface area contributed by atoms with E-state index in [1.165, 1.54) is 0 Å². The van der Waals surface area contributed by atoms with E-state index in [9.17, 15) is 0 Å². The van der Waals surface area contributed by atoms with Crippen molar-refractivity contribution in [2.75, 3.05) is 24.6 Å². The average Bonchev–Trinajstić information content (AvgIpc) is 2.21. The van der Waals surface area contributed by atoms with Crippen LogP contribution in [0, 0.1) is 6.92 Å². The van der Waals surface area contributed by atoms with Crippen LogP contribution in [0.15, 0.2) is 12.4 Å². The van der Waals surface area contributed by atoms with Crippen molar-refractivity contribution in [1.82, 2.24) is 9.97 Å². The van der Waals surface area contributed by atoms with Crippen LogP contribution >= 0.6 is 0 Å². The van der Waals surface area contributed by atoms with Crippen LogP contribution in [-0.2, 0) is 0 Å². The predicted molar refractivity (Wildman–Crippen MR) is 56.4 cm³/mol. The third-order valence-corrected chi connectivity index (χ3v) is 2.12. The van der Waals surface area contributed by atoms with Gasteiger partial charge in [0.05, 0.1) is 5.69 Å². The lowest BCUT2D eigenvalue weighted by Crippen LogP contribution is -2.26. The molecule has 0 atom stereocenters. The van der Waals surface area contributed by atoms with E-state index in [4.69, 9.17) is 5.11 Å². The minimum atomic E-state index is 0.218. The van der Waals surface area contributed by atoms with Crippen LogP contribution < -0.4 is 4.90 Å². The summed E-state index contributed by atoms with van der Waals surface area (Å²) in [4.78, 5) is 10.6. The minimum absolute atomic E-state index is 0.218. The number of nitrogens with zero attached hydrogens (tertiary/aromatic N) is 3. The van der Waals surface area contributed by atoms with Gasteiger partial charge in [0.25, 0.3) is 0 Å². The summed E-state index contributed by atoms with van der Waals surface area (Å²) in [5.41, 5.74) is 0.937. The van der Waals surface area contributed by atoms with E-state index in [-0.39, 0.29) is 6.61 Å². The summed E-state index contributed by atoms with van der Waals surface area (Å²) in [6, 6.07) is 0. The Balaban J connectivity index is 2.73. The van der Waals surface area contributed by atoms with Crippen molar-refractivity contribution in [1.29, 1.82) is 0 Å². The Labute approximate surface area is 84.6 Å². The highest BCUT2D eigenvalue weighted by Crippen LogP contribution is 2.13. The van der Waals surface area contributed by atoms with E-state index in [2.05, 4.69) is 21.8 Å². The molecule has 1 heterocycles. The van der Waals surface area contributed by atoms with Crippen molar-refractivity contribution < 1.29 is 5.11 Å². The Hall–Kier alpha value is -1.16. The van der Waals surface area contributed by atoms with Crippen molar-refractivity contribution in [3.63, 3.8) is 0 Å². The quantitative estimate of drug-likeness (QED) is 0.761. The number of aryl methyl sites for hydroxylation is 1. The number of rotatable bonds is 5. The Morgan fingerprint density at radius 3 is 2.64 bits per heavy atom. The van der Waals surface area contributed by atoms with Gasteiger partial charge >= 0.3 is 0 Å². The van der Waals surface area contributed by atoms with Crippen molar-refractivity contribution in [2.45, 2.75) is 20.3 Å². The van der Waals surface area contributed by atoms with Crippen LogP contribution in [-0.4, -0.2) is 34.8 Å².